The summed E-state index contributed by atoms with van der Waals surface area (Å²) in [6.07, 6.45) is 1.59. The Labute approximate surface area is 148 Å². The Morgan fingerprint density at radius 3 is 2.52 bits per heavy atom. The average molecular weight is 343 g/mol. The number of methoxy groups -OCH3 is 2. The molecule has 0 spiro atoms. The molecule has 1 aliphatic rings. The Hall–Kier alpha value is -2.54. The molecule has 3 rings (SSSR count). The molecule has 0 amide bonds. The lowest BCUT2D eigenvalue weighted by Crippen LogP contribution is -2.46. The van der Waals surface area contributed by atoms with Crippen LogP contribution in [0.4, 0.5) is 17.3 Å². The van der Waals surface area contributed by atoms with E-state index in [1.807, 2.05) is 24.3 Å². The molecule has 1 aromatic carbocycles. The molecule has 1 saturated heterocycles. The Morgan fingerprint density at radius 1 is 1.04 bits per heavy atom. The van der Waals surface area contributed by atoms with E-state index < -0.39 is 0 Å². The fourth-order valence-corrected chi connectivity index (χ4v) is 2.93. The third kappa shape index (κ3) is 4.11. The van der Waals surface area contributed by atoms with Crippen molar-refractivity contribution in [2.45, 2.75) is 6.92 Å². The van der Waals surface area contributed by atoms with Crippen molar-refractivity contribution in [3.8, 4) is 11.5 Å². The van der Waals surface area contributed by atoms with Crippen molar-refractivity contribution in [1.82, 2.24) is 14.9 Å². The second-order valence-corrected chi connectivity index (χ2v) is 5.87. The number of benzene rings is 1. The first-order valence-electron chi connectivity index (χ1n) is 8.52. The van der Waals surface area contributed by atoms with Crippen LogP contribution in [-0.4, -0.2) is 61.8 Å². The van der Waals surface area contributed by atoms with Crippen molar-refractivity contribution >= 4 is 17.3 Å². The number of piperazine rings is 1. The van der Waals surface area contributed by atoms with Crippen molar-refractivity contribution in [3.05, 3.63) is 30.6 Å². The van der Waals surface area contributed by atoms with Gasteiger partial charge in [0, 0.05) is 38.3 Å². The van der Waals surface area contributed by atoms with Crippen LogP contribution >= 0.6 is 0 Å². The molecule has 0 atom stereocenters. The van der Waals surface area contributed by atoms with Crippen LogP contribution in [-0.2, 0) is 0 Å². The van der Waals surface area contributed by atoms with E-state index in [4.69, 9.17) is 9.47 Å². The number of hydrogen-bond acceptors (Lipinski definition) is 7. The lowest BCUT2D eigenvalue weighted by Gasteiger charge is -2.34. The van der Waals surface area contributed by atoms with E-state index in [1.165, 1.54) is 0 Å². The molecule has 7 heteroatoms. The van der Waals surface area contributed by atoms with E-state index in [-0.39, 0.29) is 0 Å². The maximum Gasteiger partial charge on any atom is 0.142 e. The van der Waals surface area contributed by atoms with Crippen LogP contribution in [0.15, 0.2) is 30.6 Å². The fraction of sp³-hybridized carbons (Fsp3) is 0.444. The molecule has 2 aromatic rings. The second-order valence-electron chi connectivity index (χ2n) is 5.87. The van der Waals surface area contributed by atoms with Crippen molar-refractivity contribution in [3.63, 3.8) is 0 Å². The van der Waals surface area contributed by atoms with Gasteiger partial charge in [0.1, 0.15) is 29.5 Å². The van der Waals surface area contributed by atoms with E-state index in [2.05, 4.69) is 32.0 Å². The highest BCUT2D eigenvalue weighted by Crippen LogP contribution is 2.31. The lowest BCUT2D eigenvalue weighted by atomic mass is 10.2. The molecule has 1 aromatic heterocycles. The molecule has 1 fully saturated rings. The van der Waals surface area contributed by atoms with Gasteiger partial charge in [-0.2, -0.15) is 0 Å². The number of aromatic nitrogens is 2. The lowest BCUT2D eigenvalue weighted by molar-refractivity contribution is 0.270. The van der Waals surface area contributed by atoms with Gasteiger partial charge in [-0.25, -0.2) is 9.97 Å². The first kappa shape index (κ1) is 17.3. The fourth-order valence-electron chi connectivity index (χ4n) is 2.93. The third-order valence-corrected chi connectivity index (χ3v) is 4.47. The Balaban J connectivity index is 1.76. The normalized spacial score (nSPS) is 15.1. The van der Waals surface area contributed by atoms with Crippen LogP contribution in [0.2, 0.25) is 0 Å². The summed E-state index contributed by atoms with van der Waals surface area (Å²) < 4.78 is 10.7. The van der Waals surface area contributed by atoms with E-state index in [0.717, 1.165) is 61.5 Å². The average Bonchev–Trinajstić information content (AvgIpc) is 2.68. The van der Waals surface area contributed by atoms with Crippen LogP contribution in [0.1, 0.15) is 6.92 Å². The number of likely N-dealkylation sites (N-methyl/N-ethyl adjacent to an activating group) is 1. The third-order valence-electron chi connectivity index (χ3n) is 4.47. The minimum atomic E-state index is 0.731. The van der Waals surface area contributed by atoms with E-state index in [1.54, 1.807) is 20.5 Å². The van der Waals surface area contributed by atoms with Gasteiger partial charge >= 0.3 is 0 Å². The van der Waals surface area contributed by atoms with Crippen LogP contribution in [0.25, 0.3) is 0 Å². The largest absolute Gasteiger partial charge is 0.497 e. The molecule has 0 saturated carbocycles. The molecule has 134 valence electrons. The first-order chi connectivity index (χ1) is 12.2. The summed E-state index contributed by atoms with van der Waals surface area (Å²) in [6.45, 7) is 7.38. The Bertz CT molecular complexity index is 702. The number of rotatable bonds is 6. The maximum atomic E-state index is 5.41. The molecule has 0 radical (unpaired) electrons. The molecular weight excluding hydrogens is 318 g/mol. The molecular formula is C18H25N5O2. The van der Waals surface area contributed by atoms with E-state index in [9.17, 15) is 0 Å². The van der Waals surface area contributed by atoms with Crippen LogP contribution in [0.3, 0.4) is 0 Å². The van der Waals surface area contributed by atoms with Gasteiger partial charge in [0.05, 0.1) is 19.9 Å². The topological polar surface area (TPSA) is 62.8 Å². The van der Waals surface area contributed by atoms with Crippen molar-refractivity contribution in [1.29, 1.82) is 0 Å². The van der Waals surface area contributed by atoms with Gasteiger partial charge in [-0.05, 0) is 18.7 Å². The summed E-state index contributed by atoms with van der Waals surface area (Å²) in [6, 6.07) is 7.59. The van der Waals surface area contributed by atoms with Crippen LogP contribution in [0.5, 0.6) is 11.5 Å². The number of ether oxygens (including phenoxy) is 2. The molecule has 25 heavy (non-hydrogen) atoms. The highest BCUT2D eigenvalue weighted by Gasteiger charge is 2.17. The predicted octanol–water partition coefficient (Wildman–Crippen LogP) is 2.38. The second kappa shape index (κ2) is 8.02. The van der Waals surface area contributed by atoms with Gasteiger partial charge < -0.3 is 24.6 Å². The molecule has 7 nitrogen and oxygen atoms in total. The van der Waals surface area contributed by atoms with E-state index >= 15 is 0 Å². The van der Waals surface area contributed by atoms with Gasteiger partial charge in [-0.3, -0.25) is 0 Å². The van der Waals surface area contributed by atoms with E-state index in [0.29, 0.717) is 0 Å². The summed E-state index contributed by atoms with van der Waals surface area (Å²) in [7, 11) is 3.29. The minimum Gasteiger partial charge on any atom is -0.497 e. The number of nitrogens with zero attached hydrogens (tertiary/aromatic N) is 4. The molecule has 0 unspecified atom stereocenters. The zero-order valence-corrected chi connectivity index (χ0v) is 15.0. The molecule has 0 bridgehead atoms. The summed E-state index contributed by atoms with van der Waals surface area (Å²) in [5.74, 6) is 3.16. The number of hydrogen-bond donors (Lipinski definition) is 1. The summed E-state index contributed by atoms with van der Waals surface area (Å²) in [5, 5.41) is 3.30. The number of anilines is 3. The molecule has 2 heterocycles. The standard InChI is InChI=1S/C18H25N5O2/c1-4-22-7-9-23(10-8-22)18-12-17(19-13-20-18)21-15-11-14(24-2)5-6-16(15)25-3/h5-6,11-13H,4,7-10H2,1-3H3,(H,19,20,21). The maximum absolute atomic E-state index is 5.41. The van der Waals surface area contributed by atoms with Gasteiger partial charge in [0.15, 0.2) is 0 Å². The minimum absolute atomic E-state index is 0.731. The summed E-state index contributed by atoms with van der Waals surface area (Å²) in [4.78, 5) is 13.5. The van der Waals surface area contributed by atoms with Crippen LogP contribution < -0.4 is 19.7 Å². The van der Waals surface area contributed by atoms with Crippen molar-refractivity contribution < 1.29 is 9.47 Å². The highest BCUT2D eigenvalue weighted by atomic mass is 16.5. The SMILES string of the molecule is CCN1CCN(c2cc(Nc3cc(OC)ccc3OC)ncn2)CC1. The van der Waals surface area contributed by atoms with Gasteiger partial charge in [-0.1, -0.05) is 6.92 Å². The molecule has 1 aliphatic heterocycles. The quantitative estimate of drug-likeness (QED) is 0.864. The summed E-state index contributed by atoms with van der Waals surface area (Å²) in [5.41, 5.74) is 0.808. The molecule has 1 N–H and O–H groups in total. The smallest absolute Gasteiger partial charge is 0.142 e. The predicted molar refractivity (Wildman–Crippen MR) is 99.2 cm³/mol. The Kier molecular flexibility index (Phi) is 5.55. The Morgan fingerprint density at radius 2 is 1.84 bits per heavy atom. The monoisotopic (exact) mass is 343 g/mol. The van der Waals surface area contributed by atoms with Gasteiger partial charge in [0.25, 0.3) is 0 Å². The van der Waals surface area contributed by atoms with Crippen LogP contribution in [0, 0.1) is 0 Å². The zero-order chi connectivity index (χ0) is 17.6. The number of nitrogens with one attached hydrogen (secondary N) is 1. The highest BCUT2D eigenvalue weighted by molar-refractivity contribution is 5.67. The van der Waals surface area contributed by atoms with Crippen molar-refractivity contribution in [2.75, 3.05) is 57.2 Å². The molecule has 0 aliphatic carbocycles. The first-order valence-corrected chi connectivity index (χ1v) is 8.52. The van der Waals surface area contributed by atoms with Gasteiger partial charge in [0.2, 0.25) is 0 Å². The summed E-state index contributed by atoms with van der Waals surface area (Å²) >= 11 is 0. The zero-order valence-electron chi connectivity index (χ0n) is 15.0. The van der Waals surface area contributed by atoms with Crippen molar-refractivity contribution in [2.24, 2.45) is 0 Å². The van der Waals surface area contributed by atoms with Gasteiger partial charge in [-0.15, -0.1) is 0 Å².